The summed E-state index contributed by atoms with van der Waals surface area (Å²) in [5.74, 6) is -0.414. The van der Waals surface area contributed by atoms with E-state index in [1.807, 2.05) is 12.1 Å². The minimum atomic E-state index is -0.443. The summed E-state index contributed by atoms with van der Waals surface area (Å²) in [6, 6.07) is 10.1. The van der Waals surface area contributed by atoms with Crippen molar-refractivity contribution in [1.82, 2.24) is 15.1 Å². The van der Waals surface area contributed by atoms with Crippen LogP contribution in [0.2, 0.25) is 0 Å². The van der Waals surface area contributed by atoms with E-state index in [9.17, 15) is 9.18 Å². The van der Waals surface area contributed by atoms with Crippen LogP contribution in [0.15, 0.2) is 42.6 Å². The number of nitrogens with one attached hydrogen (secondary N) is 1. The van der Waals surface area contributed by atoms with Gasteiger partial charge >= 0.3 is 0 Å². The van der Waals surface area contributed by atoms with E-state index in [0.29, 0.717) is 23.2 Å². The van der Waals surface area contributed by atoms with Gasteiger partial charge in [-0.2, -0.15) is 5.10 Å². The van der Waals surface area contributed by atoms with Crippen molar-refractivity contribution in [2.24, 2.45) is 0 Å². The van der Waals surface area contributed by atoms with Crippen molar-refractivity contribution in [2.45, 2.75) is 6.54 Å². The first kappa shape index (κ1) is 15.0. The van der Waals surface area contributed by atoms with E-state index in [1.165, 1.54) is 18.1 Å². The molecule has 0 radical (unpaired) electrons. The first-order chi connectivity index (χ1) is 11.1. The van der Waals surface area contributed by atoms with Crippen molar-refractivity contribution in [3.8, 4) is 5.75 Å². The van der Waals surface area contributed by atoms with Gasteiger partial charge in [-0.1, -0.05) is 18.2 Å². The SMILES string of the molecule is COc1ccc(CN(C)C(=O)c2cccc3cn[nH]c23)cc1F. The Balaban J connectivity index is 1.83. The zero-order chi connectivity index (χ0) is 16.4. The molecule has 0 aliphatic carbocycles. The Hall–Kier alpha value is -2.89. The lowest BCUT2D eigenvalue weighted by atomic mass is 10.1. The molecule has 0 saturated carbocycles. The van der Waals surface area contributed by atoms with Crippen molar-refractivity contribution in [2.75, 3.05) is 14.2 Å². The molecule has 0 unspecified atom stereocenters. The number of hydrogen-bond donors (Lipinski definition) is 1. The van der Waals surface area contributed by atoms with Crippen molar-refractivity contribution < 1.29 is 13.9 Å². The van der Waals surface area contributed by atoms with Gasteiger partial charge in [-0.3, -0.25) is 9.89 Å². The molecule has 1 heterocycles. The number of amides is 1. The molecule has 2 aromatic carbocycles. The van der Waals surface area contributed by atoms with E-state index in [2.05, 4.69) is 10.2 Å². The van der Waals surface area contributed by atoms with Crippen LogP contribution in [0.25, 0.3) is 10.9 Å². The molecule has 3 aromatic rings. The molecule has 3 rings (SSSR count). The lowest BCUT2D eigenvalue weighted by Gasteiger charge is -2.18. The maximum absolute atomic E-state index is 13.7. The predicted molar refractivity (Wildman–Crippen MR) is 84.8 cm³/mol. The molecule has 5 nitrogen and oxygen atoms in total. The molecule has 1 aromatic heterocycles. The molecule has 0 aliphatic rings. The number of fused-ring (bicyclic) bond motifs is 1. The number of hydrogen-bond acceptors (Lipinski definition) is 3. The summed E-state index contributed by atoms with van der Waals surface area (Å²) in [4.78, 5) is 14.2. The van der Waals surface area contributed by atoms with Crippen LogP contribution in [0, 0.1) is 5.82 Å². The number of para-hydroxylation sites is 1. The zero-order valence-corrected chi connectivity index (χ0v) is 12.8. The van der Waals surface area contributed by atoms with Crippen LogP contribution in [0.4, 0.5) is 4.39 Å². The van der Waals surface area contributed by atoms with E-state index in [1.54, 1.807) is 31.4 Å². The molecule has 6 heteroatoms. The van der Waals surface area contributed by atoms with Gasteiger partial charge < -0.3 is 9.64 Å². The number of rotatable bonds is 4. The second-order valence-corrected chi connectivity index (χ2v) is 5.27. The second kappa shape index (κ2) is 6.08. The fourth-order valence-corrected chi connectivity index (χ4v) is 2.51. The smallest absolute Gasteiger partial charge is 0.256 e. The third-order valence-electron chi connectivity index (χ3n) is 3.69. The van der Waals surface area contributed by atoms with Crippen LogP contribution in [0.3, 0.4) is 0 Å². The number of carbonyl (C=O) groups excluding carboxylic acids is 1. The minimum absolute atomic E-state index is 0.156. The molecule has 118 valence electrons. The molecule has 0 saturated heterocycles. The Morgan fingerprint density at radius 1 is 1.35 bits per heavy atom. The van der Waals surface area contributed by atoms with E-state index in [-0.39, 0.29) is 11.7 Å². The monoisotopic (exact) mass is 313 g/mol. The van der Waals surface area contributed by atoms with Crippen LogP contribution < -0.4 is 4.74 Å². The second-order valence-electron chi connectivity index (χ2n) is 5.27. The van der Waals surface area contributed by atoms with Gasteiger partial charge in [-0.15, -0.1) is 0 Å². The highest BCUT2D eigenvalue weighted by Crippen LogP contribution is 2.20. The van der Waals surface area contributed by atoms with E-state index in [4.69, 9.17) is 4.74 Å². The van der Waals surface area contributed by atoms with Crippen LogP contribution in [0.1, 0.15) is 15.9 Å². The summed E-state index contributed by atoms with van der Waals surface area (Å²) >= 11 is 0. The highest BCUT2D eigenvalue weighted by Gasteiger charge is 2.16. The van der Waals surface area contributed by atoms with Gasteiger partial charge in [0.05, 0.1) is 24.4 Å². The number of aromatic amines is 1. The van der Waals surface area contributed by atoms with Gasteiger partial charge in [0.25, 0.3) is 5.91 Å². The van der Waals surface area contributed by atoms with Crippen molar-refractivity contribution in [3.05, 3.63) is 59.5 Å². The normalized spacial score (nSPS) is 10.7. The molecule has 1 amide bonds. The topological polar surface area (TPSA) is 58.2 Å². The summed E-state index contributed by atoms with van der Waals surface area (Å²) in [5, 5.41) is 7.67. The highest BCUT2D eigenvalue weighted by atomic mass is 19.1. The van der Waals surface area contributed by atoms with Crippen LogP contribution in [-0.4, -0.2) is 35.2 Å². The molecule has 1 N–H and O–H groups in total. The molecular formula is C17H16FN3O2. The number of halogens is 1. The van der Waals surface area contributed by atoms with Gasteiger partial charge in [0, 0.05) is 19.0 Å². The molecule has 0 bridgehead atoms. The summed E-state index contributed by atoms with van der Waals surface area (Å²) < 4.78 is 18.6. The highest BCUT2D eigenvalue weighted by molar-refractivity contribution is 6.05. The van der Waals surface area contributed by atoms with E-state index >= 15 is 0 Å². The average Bonchev–Trinajstić information content (AvgIpc) is 3.03. The number of nitrogens with zero attached hydrogens (tertiary/aromatic N) is 2. The lowest BCUT2D eigenvalue weighted by Crippen LogP contribution is -2.26. The molecular weight excluding hydrogens is 297 g/mol. The number of methoxy groups -OCH3 is 1. The summed E-state index contributed by atoms with van der Waals surface area (Å²) in [6.07, 6.45) is 1.67. The van der Waals surface area contributed by atoms with E-state index < -0.39 is 5.82 Å². The maximum Gasteiger partial charge on any atom is 0.256 e. The fourth-order valence-electron chi connectivity index (χ4n) is 2.51. The molecule has 0 fully saturated rings. The predicted octanol–water partition coefficient (Wildman–Crippen LogP) is 2.98. The Morgan fingerprint density at radius 2 is 2.17 bits per heavy atom. The average molecular weight is 313 g/mol. The van der Waals surface area contributed by atoms with Crippen LogP contribution >= 0.6 is 0 Å². The summed E-state index contributed by atoms with van der Waals surface area (Å²) in [5.41, 5.74) is 1.93. The number of H-pyrrole nitrogens is 1. The Morgan fingerprint density at radius 3 is 2.91 bits per heavy atom. The van der Waals surface area contributed by atoms with Crippen LogP contribution in [0.5, 0.6) is 5.75 Å². The lowest BCUT2D eigenvalue weighted by molar-refractivity contribution is 0.0786. The maximum atomic E-state index is 13.7. The largest absolute Gasteiger partial charge is 0.494 e. The quantitative estimate of drug-likeness (QED) is 0.805. The van der Waals surface area contributed by atoms with Gasteiger partial charge in [0.2, 0.25) is 0 Å². The first-order valence-corrected chi connectivity index (χ1v) is 7.10. The number of benzene rings is 2. The van der Waals surface area contributed by atoms with E-state index in [0.717, 1.165) is 5.39 Å². The summed E-state index contributed by atoms with van der Waals surface area (Å²) in [7, 11) is 3.10. The van der Waals surface area contributed by atoms with Gasteiger partial charge in [0.15, 0.2) is 11.6 Å². The van der Waals surface area contributed by atoms with Crippen molar-refractivity contribution >= 4 is 16.8 Å². The number of carbonyl (C=O) groups is 1. The van der Waals surface area contributed by atoms with Crippen molar-refractivity contribution in [3.63, 3.8) is 0 Å². The van der Waals surface area contributed by atoms with Gasteiger partial charge in [-0.25, -0.2) is 4.39 Å². The fraction of sp³-hybridized carbons (Fsp3) is 0.176. The Kier molecular flexibility index (Phi) is 3.97. The van der Waals surface area contributed by atoms with Crippen LogP contribution in [-0.2, 0) is 6.54 Å². The Bertz CT molecular complexity index is 860. The molecule has 0 atom stereocenters. The number of aromatic nitrogens is 2. The molecule has 23 heavy (non-hydrogen) atoms. The molecule has 0 spiro atoms. The minimum Gasteiger partial charge on any atom is -0.494 e. The zero-order valence-electron chi connectivity index (χ0n) is 12.8. The van der Waals surface area contributed by atoms with Crippen molar-refractivity contribution in [1.29, 1.82) is 0 Å². The summed E-state index contributed by atoms with van der Waals surface area (Å²) in [6.45, 7) is 0.296. The first-order valence-electron chi connectivity index (χ1n) is 7.10. The number of ether oxygens (including phenoxy) is 1. The van der Waals surface area contributed by atoms with Gasteiger partial charge in [-0.05, 0) is 23.8 Å². The third kappa shape index (κ3) is 2.88. The standard InChI is InChI=1S/C17H16FN3O2/c1-21(10-11-6-7-15(23-2)14(18)8-11)17(22)13-5-3-4-12-9-19-20-16(12)13/h3-9H,10H2,1-2H3,(H,19,20). The van der Waals surface area contributed by atoms with Gasteiger partial charge in [0.1, 0.15) is 0 Å². The third-order valence-corrected chi connectivity index (χ3v) is 3.69. The molecule has 0 aliphatic heterocycles. The Labute approximate surface area is 132 Å².